The Hall–Kier alpha value is -2.04. The number of nitrogens with two attached hydrogens (primary N) is 1. The number of fused-ring (bicyclic) bond motifs is 1. The summed E-state index contributed by atoms with van der Waals surface area (Å²) in [4.78, 5) is 25.7. The van der Waals surface area contributed by atoms with Crippen LogP contribution in [0.15, 0.2) is 18.2 Å². The number of primary amides is 1. The number of nitrogens with zero attached hydrogens (tertiary/aromatic N) is 1. The SMILES string of the molecule is NC(=O)CN(C(=O)c1ccc2c(c1)CCO2)C1CCCC1. The Labute approximate surface area is 124 Å². The summed E-state index contributed by atoms with van der Waals surface area (Å²) >= 11 is 0. The van der Waals surface area contributed by atoms with Crippen LogP contribution in [0.5, 0.6) is 5.75 Å². The van der Waals surface area contributed by atoms with Crippen LogP contribution in [0, 0.1) is 0 Å². The van der Waals surface area contributed by atoms with Crippen molar-refractivity contribution in [2.75, 3.05) is 13.2 Å². The number of carbonyl (C=O) groups excluding carboxylic acids is 2. The van der Waals surface area contributed by atoms with Gasteiger partial charge in [0.1, 0.15) is 5.75 Å². The molecular formula is C16H20N2O3. The van der Waals surface area contributed by atoms with Gasteiger partial charge in [-0.25, -0.2) is 0 Å². The Morgan fingerprint density at radius 1 is 1.29 bits per heavy atom. The van der Waals surface area contributed by atoms with Gasteiger partial charge >= 0.3 is 0 Å². The Kier molecular flexibility index (Phi) is 3.82. The summed E-state index contributed by atoms with van der Waals surface area (Å²) < 4.78 is 5.46. The first kappa shape index (κ1) is 13.9. The van der Waals surface area contributed by atoms with Crippen LogP contribution >= 0.6 is 0 Å². The first-order valence-corrected chi connectivity index (χ1v) is 7.50. The van der Waals surface area contributed by atoms with Crippen molar-refractivity contribution in [1.82, 2.24) is 4.90 Å². The number of amides is 2. The van der Waals surface area contributed by atoms with Crippen molar-refractivity contribution in [3.05, 3.63) is 29.3 Å². The van der Waals surface area contributed by atoms with Crippen LogP contribution in [0.1, 0.15) is 41.6 Å². The Bertz CT molecular complexity index is 565. The second-order valence-electron chi connectivity index (χ2n) is 5.76. The van der Waals surface area contributed by atoms with E-state index in [1.165, 1.54) is 0 Å². The number of carbonyl (C=O) groups is 2. The minimum absolute atomic E-state index is 0.00289. The van der Waals surface area contributed by atoms with E-state index in [0.717, 1.165) is 43.4 Å². The smallest absolute Gasteiger partial charge is 0.254 e. The predicted octanol–water partition coefficient (Wildman–Crippen LogP) is 1.49. The van der Waals surface area contributed by atoms with Crippen LogP contribution < -0.4 is 10.5 Å². The van der Waals surface area contributed by atoms with E-state index >= 15 is 0 Å². The summed E-state index contributed by atoms with van der Waals surface area (Å²) in [6.45, 7) is 0.664. The molecule has 0 aromatic heterocycles. The molecule has 0 atom stereocenters. The Morgan fingerprint density at radius 3 is 2.76 bits per heavy atom. The van der Waals surface area contributed by atoms with Gasteiger partial charge in [0.05, 0.1) is 13.2 Å². The summed E-state index contributed by atoms with van der Waals surface area (Å²) in [5, 5.41) is 0. The van der Waals surface area contributed by atoms with Crippen LogP contribution in [0.4, 0.5) is 0 Å². The van der Waals surface area contributed by atoms with E-state index < -0.39 is 5.91 Å². The van der Waals surface area contributed by atoms with Gasteiger partial charge in [-0.15, -0.1) is 0 Å². The van der Waals surface area contributed by atoms with Gasteiger partial charge < -0.3 is 15.4 Å². The lowest BCUT2D eigenvalue weighted by atomic mass is 10.1. The van der Waals surface area contributed by atoms with Gasteiger partial charge in [-0.3, -0.25) is 9.59 Å². The molecule has 0 bridgehead atoms. The highest BCUT2D eigenvalue weighted by molar-refractivity contribution is 5.97. The Morgan fingerprint density at radius 2 is 2.05 bits per heavy atom. The fourth-order valence-corrected chi connectivity index (χ4v) is 3.24. The average Bonchev–Trinajstić information content (AvgIpc) is 3.13. The molecule has 3 rings (SSSR count). The van der Waals surface area contributed by atoms with Gasteiger partial charge in [-0.05, 0) is 36.6 Å². The van der Waals surface area contributed by atoms with Crippen molar-refractivity contribution in [3.63, 3.8) is 0 Å². The topological polar surface area (TPSA) is 72.6 Å². The third-order valence-corrected chi connectivity index (χ3v) is 4.29. The van der Waals surface area contributed by atoms with E-state index in [2.05, 4.69) is 0 Å². The summed E-state index contributed by atoms with van der Waals surface area (Å²) in [6.07, 6.45) is 4.94. The molecular weight excluding hydrogens is 268 g/mol. The minimum Gasteiger partial charge on any atom is -0.493 e. The molecule has 1 aliphatic heterocycles. The second-order valence-corrected chi connectivity index (χ2v) is 5.76. The summed E-state index contributed by atoms with van der Waals surface area (Å²) in [7, 11) is 0. The van der Waals surface area contributed by atoms with Gasteiger partial charge in [0.2, 0.25) is 5.91 Å². The molecule has 1 heterocycles. The molecule has 0 saturated heterocycles. The standard InChI is InChI=1S/C16H20N2O3/c17-15(19)10-18(13-3-1-2-4-13)16(20)12-5-6-14-11(9-12)7-8-21-14/h5-6,9,13H,1-4,7-8,10H2,(H2,17,19). The van der Waals surface area contributed by atoms with Gasteiger partial charge in [-0.1, -0.05) is 12.8 Å². The van der Waals surface area contributed by atoms with Crippen molar-refractivity contribution < 1.29 is 14.3 Å². The van der Waals surface area contributed by atoms with Crippen molar-refractivity contribution >= 4 is 11.8 Å². The molecule has 0 spiro atoms. The van der Waals surface area contributed by atoms with Crippen LogP contribution in [-0.2, 0) is 11.2 Å². The highest BCUT2D eigenvalue weighted by Crippen LogP contribution is 2.28. The number of hydrogen-bond acceptors (Lipinski definition) is 3. The molecule has 1 aromatic rings. The van der Waals surface area contributed by atoms with E-state index in [1.807, 2.05) is 12.1 Å². The molecule has 0 unspecified atom stereocenters. The van der Waals surface area contributed by atoms with E-state index in [0.29, 0.717) is 12.2 Å². The van der Waals surface area contributed by atoms with E-state index in [1.54, 1.807) is 11.0 Å². The predicted molar refractivity (Wildman–Crippen MR) is 78.1 cm³/mol. The molecule has 1 fully saturated rings. The lowest BCUT2D eigenvalue weighted by Crippen LogP contribution is -2.44. The maximum Gasteiger partial charge on any atom is 0.254 e. The molecule has 2 aliphatic rings. The summed E-state index contributed by atoms with van der Waals surface area (Å²) in [6, 6.07) is 5.63. The first-order chi connectivity index (χ1) is 10.1. The molecule has 21 heavy (non-hydrogen) atoms. The fourth-order valence-electron chi connectivity index (χ4n) is 3.24. The molecule has 112 valence electrons. The molecule has 2 N–H and O–H groups in total. The largest absolute Gasteiger partial charge is 0.493 e. The number of ether oxygens (including phenoxy) is 1. The monoisotopic (exact) mass is 288 g/mol. The number of benzene rings is 1. The average molecular weight is 288 g/mol. The summed E-state index contributed by atoms with van der Waals surface area (Å²) in [5.74, 6) is 0.295. The molecule has 1 saturated carbocycles. The minimum atomic E-state index is -0.459. The maximum atomic E-state index is 12.7. The van der Waals surface area contributed by atoms with Gasteiger partial charge in [0, 0.05) is 18.0 Å². The van der Waals surface area contributed by atoms with Crippen molar-refractivity contribution in [3.8, 4) is 5.75 Å². The molecule has 2 amide bonds. The zero-order valence-electron chi connectivity index (χ0n) is 12.0. The van der Waals surface area contributed by atoms with Gasteiger partial charge in [0.25, 0.3) is 5.91 Å². The highest BCUT2D eigenvalue weighted by Gasteiger charge is 2.29. The number of rotatable bonds is 4. The van der Waals surface area contributed by atoms with Crippen LogP contribution in [0.3, 0.4) is 0 Å². The molecule has 5 heteroatoms. The maximum absolute atomic E-state index is 12.7. The Balaban J connectivity index is 1.84. The van der Waals surface area contributed by atoms with Gasteiger partial charge in [0.15, 0.2) is 0 Å². The lowest BCUT2D eigenvalue weighted by Gasteiger charge is -2.28. The molecule has 1 aromatic carbocycles. The fraction of sp³-hybridized carbons (Fsp3) is 0.500. The van der Waals surface area contributed by atoms with E-state index in [9.17, 15) is 9.59 Å². The molecule has 0 radical (unpaired) electrons. The third kappa shape index (κ3) is 2.86. The number of hydrogen-bond donors (Lipinski definition) is 1. The van der Waals surface area contributed by atoms with E-state index in [-0.39, 0.29) is 18.5 Å². The summed E-state index contributed by atoms with van der Waals surface area (Å²) in [5.41, 5.74) is 6.99. The van der Waals surface area contributed by atoms with Crippen LogP contribution in [0.25, 0.3) is 0 Å². The lowest BCUT2D eigenvalue weighted by molar-refractivity contribution is -0.119. The zero-order chi connectivity index (χ0) is 14.8. The highest BCUT2D eigenvalue weighted by atomic mass is 16.5. The quantitative estimate of drug-likeness (QED) is 0.912. The molecule has 1 aliphatic carbocycles. The zero-order valence-corrected chi connectivity index (χ0v) is 12.0. The van der Waals surface area contributed by atoms with Crippen molar-refractivity contribution in [1.29, 1.82) is 0 Å². The normalized spacial score (nSPS) is 17.3. The van der Waals surface area contributed by atoms with Gasteiger partial charge in [-0.2, -0.15) is 0 Å². The van der Waals surface area contributed by atoms with E-state index in [4.69, 9.17) is 10.5 Å². The van der Waals surface area contributed by atoms with Crippen molar-refractivity contribution in [2.24, 2.45) is 5.73 Å². The molecule has 5 nitrogen and oxygen atoms in total. The van der Waals surface area contributed by atoms with Crippen molar-refractivity contribution in [2.45, 2.75) is 38.1 Å². The second kappa shape index (κ2) is 5.76. The third-order valence-electron chi connectivity index (χ3n) is 4.29. The van der Waals surface area contributed by atoms with Crippen LogP contribution in [-0.4, -0.2) is 35.9 Å². The van der Waals surface area contributed by atoms with Crippen LogP contribution in [0.2, 0.25) is 0 Å². The first-order valence-electron chi connectivity index (χ1n) is 7.50.